The summed E-state index contributed by atoms with van der Waals surface area (Å²) in [5, 5.41) is 5.18. The Balaban J connectivity index is 2.57. The van der Waals surface area contributed by atoms with Crippen molar-refractivity contribution >= 4 is 21.5 Å². The van der Waals surface area contributed by atoms with Crippen LogP contribution in [0, 0.1) is 0 Å². The second-order valence-electron chi connectivity index (χ2n) is 3.28. The molecule has 0 atom stereocenters. The van der Waals surface area contributed by atoms with Gasteiger partial charge in [-0.25, -0.2) is 0 Å². The molecule has 2 aromatic carbocycles. The topological polar surface area (TPSA) is 15.8 Å². The molecule has 0 aliphatic rings. The van der Waals surface area contributed by atoms with E-state index in [-0.39, 0.29) is 0 Å². The summed E-state index contributed by atoms with van der Waals surface area (Å²) in [6.07, 6.45) is 3.98. The number of nitrogens with one attached hydrogen (secondary N) is 1. The largest absolute Gasteiger partial charge is 0.367 e. The summed E-state index contributed by atoms with van der Waals surface area (Å²) >= 11 is 0. The number of fused-ring (bicyclic) bond motifs is 2. The molecule has 0 saturated carbocycles. The van der Waals surface area contributed by atoms with Crippen molar-refractivity contribution in [2.24, 2.45) is 0 Å². The van der Waals surface area contributed by atoms with Crippen molar-refractivity contribution in [1.82, 2.24) is 4.98 Å². The summed E-state index contributed by atoms with van der Waals surface area (Å²) < 4.78 is 0. The molecular weight excluding hydrogens is 158 g/mol. The van der Waals surface area contributed by atoms with Gasteiger partial charge >= 0.3 is 0 Å². The molecule has 1 N–H and O–H groups in total. The van der Waals surface area contributed by atoms with Crippen molar-refractivity contribution in [1.29, 1.82) is 0 Å². The maximum Gasteiger partial charge on any atom is 0.00838 e. The van der Waals surface area contributed by atoms with Gasteiger partial charge in [0.15, 0.2) is 0 Å². The maximum atomic E-state index is 3.09. The van der Waals surface area contributed by atoms with Gasteiger partial charge in [-0.3, -0.25) is 0 Å². The first-order valence-electron chi connectivity index (χ1n) is 4.39. The van der Waals surface area contributed by atoms with Crippen LogP contribution < -0.4 is 0 Å². The predicted octanol–water partition coefficient (Wildman–Crippen LogP) is 3.32. The van der Waals surface area contributed by atoms with E-state index in [1.165, 1.54) is 21.5 Å². The Hall–Kier alpha value is -1.76. The highest BCUT2D eigenvalue weighted by Gasteiger charge is 1.96. The Kier molecular flexibility index (Phi) is 1.22. The Morgan fingerprint density at radius 2 is 1.46 bits per heavy atom. The van der Waals surface area contributed by atoms with E-state index in [1.807, 2.05) is 12.4 Å². The lowest BCUT2D eigenvalue weighted by molar-refractivity contribution is 1.37. The summed E-state index contributed by atoms with van der Waals surface area (Å²) in [6.45, 7) is 0. The number of benzene rings is 1. The number of pyridine rings is 1. The molecule has 0 bridgehead atoms. The molecule has 0 fully saturated rings. The second kappa shape index (κ2) is 2.36. The molecule has 3 rings (SSSR count). The van der Waals surface area contributed by atoms with Crippen LogP contribution >= 0.6 is 0 Å². The Morgan fingerprint density at radius 1 is 0.769 bits per heavy atom. The van der Waals surface area contributed by atoms with Gasteiger partial charge in [-0.15, -0.1) is 0 Å². The lowest BCUT2D eigenvalue weighted by atomic mass is 10.1. The third kappa shape index (κ3) is 0.937. The highest BCUT2D eigenvalue weighted by atomic mass is 14.6. The first-order chi connectivity index (χ1) is 6.43. The fourth-order valence-corrected chi connectivity index (χ4v) is 1.76. The second-order valence-corrected chi connectivity index (χ2v) is 3.28. The van der Waals surface area contributed by atoms with E-state index in [0.717, 1.165) is 0 Å². The van der Waals surface area contributed by atoms with E-state index >= 15 is 0 Å². The third-order valence-electron chi connectivity index (χ3n) is 2.44. The predicted molar refractivity (Wildman–Crippen MR) is 55.8 cm³/mol. The molecule has 13 heavy (non-hydrogen) atoms. The average Bonchev–Trinajstić information content (AvgIpc) is 2.61. The zero-order chi connectivity index (χ0) is 8.67. The molecule has 3 aromatic rings. The highest BCUT2D eigenvalue weighted by Crippen LogP contribution is 2.22. The van der Waals surface area contributed by atoms with Gasteiger partial charge in [0.2, 0.25) is 0 Å². The molecule has 62 valence electrons. The van der Waals surface area contributed by atoms with E-state index in [1.54, 1.807) is 0 Å². The zero-order valence-corrected chi connectivity index (χ0v) is 7.12. The van der Waals surface area contributed by atoms with Gasteiger partial charge < -0.3 is 4.98 Å². The Labute approximate surface area is 76.0 Å². The van der Waals surface area contributed by atoms with Crippen LogP contribution in [0.1, 0.15) is 0 Å². The van der Waals surface area contributed by atoms with Gasteiger partial charge in [-0.05, 0) is 39.7 Å². The SMILES string of the molecule is c1cc2cc3cc[nH]cc3cc2c1. The lowest BCUT2D eigenvalue weighted by Gasteiger charge is -1.97. The monoisotopic (exact) mass is 167 g/mol. The van der Waals surface area contributed by atoms with Gasteiger partial charge in [-0.1, -0.05) is 18.2 Å². The van der Waals surface area contributed by atoms with Crippen LogP contribution in [0.3, 0.4) is 0 Å². The van der Waals surface area contributed by atoms with Crippen molar-refractivity contribution in [3.05, 3.63) is 48.8 Å². The van der Waals surface area contributed by atoms with Gasteiger partial charge in [0.25, 0.3) is 0 Å². The quantitative estimate of drug-likeness (QED) is 0.528. The van der Waals surface area contributed by atoms with Gasteiger partial charge in [-0.2, -0.15) is 0 Å². The van der Waals surface area contributed by atoms with Gasteiger partial charge in [0.05, 0.1) is 0 Å². The van der Waals surface area contributed by atoms with Crippen molar-refractivity contribution in [2.45, 2.75) is 0 Å². The molecule has 1 aromatic heterocycles. The van der Waals surface area contributed by atoms with Crippen molar-refractivity contribution in [2.75, 3.05) is 0 Å². The molecule has 0 aliphatic heterocycles. The minimum Gasteiger partial charge on any atom is -0.367 e. The van der Waals surface area contributed by atoms with Gasteiger partial charge in [0, 0.05) is 12.4 Å². The highest BCUT2D eigenvalue weighted by molar-refractivity contribution is 5.98. The summed E-state index contributed by atoms with van der Waals surface area (Å²) in [5.41, 5.74) is 0. The van der Waals surface area contributed by atoms with Crippen molar-refractivity contribution < 1.29 is 0 Å². The summed E-state index contributed by atoms with van der Waals surface area (Å²) in [5.74, 6) is 0. The smallest absolute Gasteiger partial charge is 0.00838 e. The van der Waals surface area contributed by atoms with Crippen LogP contribution in [0.25, 0.3) is 21.5 Å². The van der Waals surface area contributed by atoms with E-state index < -0.39 is 0 Å². The lowest BCUT2D eigenvalue weighted by Crippen LogP contribution is -1.74. The van der Waals surface area contributed by atoms with Crippen molar-refractivity contribution in [3.63, 3.8) is 0 Å². The molecule has 0 aliphatic carbocycles. The Bertz CT molecular complexity index is 514. The van der Waals surface area contributed by atoms with E-state index in [9.17, 15) is 0 Å². The van der Waals surface area contributed by atoms with E-state index in [4.69, 9.17) is 0 Å². The van der Waals surface area contributed by atoms with Gasteiger partial charge in [0.1, 0.15) is 0 Å². The van der Waals surface area contributed by atoms with Crippen molar-refractivity contribution in [3.8, 4) is 0 Å². The molecular formula is C12H9N. The first-order valence-corrected chi connectivity index (χ1v) is 4.39. The number of aromatic amines is 1. The molecule has 1 heterocycles. The van der Waals surface area contributed by atoms with Crippen LogP contribution in [-0.4, -0.2) is 4.98 Å². The van der Waals surface area contributed by atoms with Crippen LogP contribution in [-0.2, 0) is 0 Å². The standard InChI is InChI=1S/C12H9N/c1-2-9-6-11-4-5-13-8-12(11)7-10(9)3-1/h1-8,13H. The zero-order valence-electron chi connectivity index (χ0n) is 7.12. The average molecular weight is 167 g/mol. The number of hydrogen-bond acceptors (Lipinski definition) is 0. The molecule has 1 heteroatoms. The molecule has 0 radical (unpaired) electrons. The molecule has 0 spiro atoms. The number of rotatable bonds is 0. The summed E-state index contributed by atoms with van der Waals surface area (Å²) in [6, 6.07) is 12.9. The van der Waals surface area contributed by atoms with Crippen LogP contribution in [0.15, 0.2) is 48.8 Å². The molecule has 0 saturated heterocycles. The first kappa shape index (κ1) is 6.72. The number of hydrogen-bond donors (Lipinski definition) is 1. The minimum absolute atomic E-state index is 1.27. The molecule has 0 amide bonds. The number of H-pyrrole nitrogens is 1. The fraction of sp³-hybridized carbons (Fsp3) is 0. The van der Waals surface area contributed by atoms with E-state index in [2.05, 4.69) is 41.4 Å². The van der Waals surface area contributed by atoms with Crippen LogP contribution in [0.4, 0.5) is 0 Å². The van der Waals surface area contributed by atoms with Crippen LogP contribution in [0.2, 0.25) is 0 Å². The molecule has 1 nitrogen and oxygen atoms in total. The van der Waals surface area contributed by atoms with E-state index in [0.29, 0.717) is 0 Å². The fourth-order valence-electron chi connectivity index (χ4n) is 1.76. The number of aromatic nitrogens is 1. The maximum absolute atomic E-state index is 3.09. The summed E-state index contributed by atoms with van der Waals surface area (Å²) in [7, 11) is 0. The summed E-state index contributed by atoms with van der Waals surface area (Å²) in [4.78, 5) is 3.09. The molecule has 0 unspecified atom stereocenters. The third-order valence-corrected chi connectivity index (χ3v) is 2.44. The normalized spacial score (nSPS) is 11.1. The minimum atomic E-state index is 1.27. The van der Waals surface area contributed by atoms with Crippen LogP contribution in [0.5, 0.6) is 0 Å². The Morgan fingerprint density at radius 3 is 2.31 bits per heavy atom.